The van der Waals surface area contributed by atoms with E-state index in [0.717, 1.165) is 0 Å². The maximum atomic E-state index is 5.05. The summed E-state index contributed by atoms with van der Waals surface area (Å²) in [4.78, 5) is 0.411. The second-order valence-electron chi connectivity index (χ2n) is 2.79. The van der Waals surface area contributed by atoms with Crippen LogP contribution in [0.2, 0.25) is 0 Å². The molecular weight excluding hydrogens is 216 g/mol. The molecule has 0 aliphatic heterocycles. The monoisotopic (exact) mass is 228 g/mol. The summed E-state index contributed by atoms with van der Waals surface area (Å²) in [7, 11) is 1.71. The van der Waals surface area contributed by atoms with Gasteiger partial charge in [0.2, 0.25) is 0 Å². The van der Waals surface area contributed by atoms with Crippen molar-refractivity contribution in [3.63, 3.8) is 0 Å². The van der Waals surface area contributed by atoms with Crippen LogP contribution in [0, 0.1) is 0 Å². The van der Waals surface area contributed by atoms with Crippen molar-refractivity contribution in [1.29, 1.82) is 0 Å². The molecule has 0 aliphatic rings. The van der Waals surface area contributed by atoms with Crippen molar-refractivity contribution in [3.8, 4) is 0 Å². The average Bonchev–Trinajstić information content (AvgIpc) is 2.05. The first-order valence-electron chi connectivity index (χ1n) is 3.96. The lowest BCUT2D eigenvalue weighted by Crippen LogP contribution is -1.90. The smallest absolute Gasteiger partial charge is 0.0713 e. The number of alkyl halides is 1. The first-order valence-corrected chi connectivity index (χ1v) is 4.87. The quantitative estimate of drug-likeness (QED) is 0.722. The zero-order valence-corrected chi connectivity index (χ0v) is 8.97. The molecule has 0 fully saturated rings. The van der Waals surface area contributed by atoms with Gasteiger partial charge in [0.15, 0.2) is 0 Å². The summed E-state index contributed by atoms with van der Waals surface area (Å²) in [6.07, 6.45) is 0. The third-order valence-corrected chi connectivity index (χ3v) is 2.25. The average molecular weight is 229 g/mol. The van der Waals surface area contributed by atoms with Crippen LogP contribution in [-0.4, -0.2) is 7.11 Å². The maximum Gasteiger partial charge on any atom is 0.0713 e. The fraction of sp³-hybridized carbons (Fsp3) is 0.400. The van der Waals surface area contributed by atoms with Gasteiger partial charge in [-0.15, -0.1) is 0 Å². The second kappa shape index (κ2) is 4.63. The van der Waals surface area contributed by atoms with Crippen molar-refractivity contribution < 1.29 is 4.74 Å². The second-order valence-corrected chi connectivity index (χ2v) is 4.17. The van der Waals surface area contributed by atoms with Crippen LogP contribution in [0.4, 0.5) is 0 Å². The molecule has 0 spiro atoms. The number of hydrogen-bond acceptors (Lipinski definition) is 1. The summed E-state index contributed by atoms with van der Waals surface area (Å²) < 4.78 is 5.05. The first kappa shape index (κ1) is 9.75. The van der Waals surface area contributed by atoms with Gasteiger partial charge in [0.05, 0.1) is 6.61 Å². The summed E-state index contributed by atoms with van der Waals surface area (Å²) in [6.45, 7) is 2.81. The third-order valence-electron chi connectivity index (χ3n) is 1.72. The summed E-state index contributed by atoms with van der Waals surface area (Å²) in [5.74, 6) is 0. The van der Waals surface area contributed by atoms with E-state index < -0.39 is 0 Å². The Bertz CT molecular complexity index is 245. The topological polar surface area (TPSA) is 9.23 Å². The molecule has 0 N–H and O–H groups in total. The highest BCUT2D eigenvalue weighted by atomic mass is 79.9. The summed E-state index contributed by atoms with van der Waals surface area (Å²) in [5, 5.41) is 0. The van der Waals surface area contributed by atoms with Gasteiger partial charge in [0, 0.05) is 11.9 Å². The zero-order chi connectivity index (χ0) is 8.97. The SMILES string of the molecule is COCc1cccc(C(C)Br)c1. The van der Waals surface area contributed by atoms with E-state index in [1.165, 1.54) is 11.1 Å². The molecule has 0 saturated carbocycles. The molecule has 66 valence electrons. The molecular formula is C10H13BrO. The number of halogens is 1. The minimum Gasteiger partial charge on any atom is -0.380 e. The number of hydrogen-bond donors (Lipinski definition) is 0. The summed E-state index contributed by atoms with van der Waals surface area (Å²) in [6, 6.07) is 8.39. The van der Waals surface area contributed by atoms with Crippen LogP contribution in [-0.2, 0) is 11.3 Å². The Kier molecular flexibility index (Phi) is 3.76. The summed E-state index contributed by atoms with van der Waals surface area (Å²) in [5.41, 5.74) is 2.52. The molecule has 2 heteroatoms. The van der Waals surface area contributed by atoms with Gasteiger partial charge in [-0.2, -0.15) is 0 Å². The van der Waals surface area contributed by atoms with Gasteiger partial charge in [-0.25, -0.2) is 0 Å². The third kappa shape index (κ3) is 2.61. The maximum absolute atomic E-state index is 5.05. The molecule has 1 nitrogen and oxygen atoms in total. The molecule has 0 saturated heterocycles. The van der Waals surface area contributed by atoms with Gasteiger partial charge in [0.25, 0.3) is 0 Å². The lowest BCUT2D eigenvalue weighted by atomic mass is 10.1. The molecule has 1 unspecified atom stereocenters. The lowest BCUT2D eigenvalue weighted by molar-refractivity contribution is 0.185. The van der Waals surface area contributed by atoms with Crippen molar-refractivity contribution in [2.45, 2.75) is 18.4 Å². The molecule has 0 aromatic heterocycles. The Morgan fingerprint density at radius 3 is 2.83 bits per heavy atom. The normalized spacial score (nSPS) is 12.9. The van der Waals surface area contributed by atoms with E-state index in [2.05, 4.69) is 47.1 Å². The highest BCUT2D eigenvalue weighted by Crippen LogP contribution is 2.22. The van der Waals surface area contributed by atoms with Crippen LogP contribution < -0.4 is 0 Å². The number of rotatable bonds is 3. The standard InChI is InChI=1S/C10H13BrO/c1-8(11)10-5-3-4-9(6-10)7-12-2/h3-6,8H,7H2,1-2H3. The summed E-state index contributed by atoms with van der Waals surface area (Å²) >= 11 is 3.53. The number of benzene rings is 1. The molecule has 12 heavy (non-hydrogen) atoms. The minimum atomic E-state index is 0.411. The van der Waals surface area contributed by atoms with Gasteiger partial charge < -0.3 is 4.74 Å². The van der Waals surface area contributed by atoms with Crippen molar-refractivity contribution in [3.05, 3.63) is 35.4 Å². The van der Waals surface area contributed by atoms with E-state index in [-0.39, 0.29) is 0 Å². The van der Waals surface area contributed by atoms with Gasteiger partial charge in [-0.05, 0) is 18.1 Å². The van der Waals surface area contributed by atoms with Crippen molar-refractivity contribution in [2.75, 3.05) is 7.11 Å². The molecule has 1 aromatic carbocycles. The van der Waals surface area contributed by atoms with Crippen LogP contribution in [0.3, 0.4) is 0 Å². The van der Waals surface area contributed by atoms with Crippen LogP contribution in [0.1, 0.15) is 22.9 Å². The van der Waals surface area contributed by atoms with E-state index in [9.17, 15) is 0 Å². The van der Waals surface area contributed by atoms with E-state index in [1.54, 1.807) is 7.11 Å². The lowest BCUT2D eigenvalue weighted by Gasteiger charge is -2.05. The highest BCUT2D eigenvalue weighted by Gasteiger charge is 2.00. The van der Waals surface area contributed by atoms with Gasteiger partial charge in [0.1, 0.15) is 0 Å². The molecule has 0 heterocycles. The molecule has 1 atom stereocenters. The fourth-order valence-electron chi connectivity index (χ4n) is 1.10. The highest BCUT2D eigenvalue weighted by molar-refractivity contribution is 9.09. The van der Waals surface area contributed by atoms with Crippen LogP contribution in [0.25, 0.3) is 0 Å². The molecule has 0 bridgehead atoms. The fourth-order valence-corrected chi connectivity index (χ4v) is 1.38. The molecule has 0 aliphatic carbocycles. The first-order chi connectivity index (χ1) is 5.74. The van der Waals surface area contributed by atoms with Crippen molar-refractivity contribution in [1.82, 2.24) is 0 Å². The molecule has 1 aromatic rings. The van der Waals surface area contributed by atoms with Gasteiger partial charge in [-0.1, -0.05) is 40.2 Å². The van der Waals surface area contributed by atoms with Crippen LogP contribution in [0.5, 0.6) is 0 Å². The van der Waals surface area contributed by atoms with Crippen molar-refractivity contribution in [2.24, 2.45) is 0 Å². The number of methoxy groups -OCH3 is 1. The molecule has 1 rings (SSSR count). The number of ether oxygens (including phenoxy) is 1. The molecule has 0 amide bonds. The van der Waals surface area contributed by atoms with Crippen LogP contribution in [0.15, 0.2) is 24.3 Å². The van der Waals surface area contributed by atoms with E-state index in [1.807, 2.05) is 0 Å². The largest absolute Gasteiger partial charge is 0.380 e. The minimum absolute atomic E-state index is 0.411. The Morgan fingerprint density at radius 1 is 1.50 bits per heavy atom. The zero-order valence-electron chi connectivity index (χ0n) is 7.38. The Morgan fingerprint density at radius 2 is 2.25 bits per heavy atom. The van der Waals surface area contributed by atoms with Crippen LogP contribution >= 0.6 is 15.9 Å². The predicted octanol–water partition coefficient (Wildman–Crippen LogP) is 3.29. The van der Waals surface area contributed by atoms with Gasteiger partial charge >= 0.3 is 0 Å². The Balaban J connectivity index is 2.81. The molecule has 0 radical (unpaired) electrons. The van der Waals surface area contributed by atoms with Crippen molar-refractivity contribution >= 4 is 15.9 Å². The van der Waals surface area contributed by atoms with E-state index in [4.69, 9.17) is 4.74 Å². The Labute approximate surface area is 81.9 Å². The van der Waals surface area contributed by atoms with E-state index in [0.29, 0.717) is 11.4 Å². The Hall–Kier alpha value is -0.340. The van der Waals surface area contributed by atoms with Gasteiger partial charge in [-0.3, -0.25) is 0 Å². The predicted molar refractivity (Wildman–Crippen MR) is 54.5 cm³/mol. The van der Waals surface area contributed by atoms with E-state index >= 15 is 0 Å².